The zero-order chi connectivity index (χ0) is 15.2. The van der Waals surface area contributed by atoms with Crippen molar-refractivity contribution < 1.29 is 4.74 Å². The van der Waals surface area contributed by atoms with Crippen molar-refractivity contribution in [3.8, 4) is 11.6 Å². The van der Waals surface area contributed by atoms with Crippen LogP contribution in [0.25, 0.3) is 0 Å². The van der Waals surface area contributed by atoms with E-state index in [0.717, 1.165) is 24.4 Å². The first-order valence-corrected chi connectivity index (χ1v) is 7.55. The minimum Gasteiger partial charge on any atom is -0.439 e. The molecular weight excluding hydrogens is 260 g/mol. The number of aromatic nitrogens is 1. The van der Waals surface area contributed by atoms with E-state index in [4.69, 9.17) is 4.74 Å². The third-order valence-corrected chi connectivity index (χ3v) is 3.40. The van der Waals surface area contributed by atoms with Gasteiger partial charge in [-0.15, -0.1) is 0 Å². The van der Waals surface area contributed by atoms with E-state index < -0.39 is 0 Å². The predicted octanol–water partition coefficient (Wildman–Crippen LogP) is 4.24. The van der Waals surface area contributed by atoms with Gasteiger partial charge in [0.05, 0.1) is 0 Å². The van der Waals surface area contributed by atoms with Gasteiger partial charge in [-0.2, -0.15) is 0 Å². The van der Waals surface area contributed by atoms with Crippen molar-refractivity contribution in [2.75, 3.05) is 0 Å². The third kappa shape index (κ3) is 4.57. The highest BCUT2D eigenvalue weighted by Gasteiger charge is 2.05. The minimum atomic E-state index is 0.470. The van der Waals surface area contributed by atoms with Crippen molar-refractivity contribution in [1.29, 1.82) is 0 Å². The van der Waals surface area contributed by atoms with Crippen molar-refractivity contribution in [2.45, 2.75) is 46.7 Å². The molecule has 3 heteroatoms. The van der Waals surface area contributed by atoms with E-state index >= 15 is 0 Å². The maximum atomic E-state index is 5.85. The summed E-state index contributed by atoms with van der Waals surface area (Å²) in [6.45, 7) is 9.27. The predicted molar refractivity (Wildman–Crippen MR) is 86.8 cm³/mol. The fraction of sp³-hybridized carbons (Fsp3) is 0.389. The van der Waals surface area contributed by atoms with Crippen molar-refractivity contribution >= 4 is 0 Å². The number of pyridine rings is 1. The number of nitrogens with zero attached hydrogens (tertiary/aromatic N) is 1. The second-order valence-electron chi connectivity index (χ2n) is 5.53. The van der Waals surface area contributed by atoms with Crippen LogP contribution in [0, 0.1) is 6.92 Å². The molecule has 21 heavy (non-hydrogen) atoms. The molecule has 0 saturated heterocycles. The van der Waals surface area contributed by atoms with Gasteiger partial charge in [-0.25, -0.2) is 4.98 Å². The van der Waals surface area contributed by atoms with Gasteiger partial charge in [0, 0.05) is 24.3 Å². The number of nitrogens with one attached hydrogen (secondary N) is 1. The van der Waals surface area contributed by atoms with Crippen LogP contribution in [0.3, 0.4) is 0 Å². The van der Waals surface area contributed by atoms with E-state index in [1.54, 1.807) is 0 Å². The zero-order valence-corrected chi connectivity index (χ0v) is 13.3. The molecule has 0 atom stereocenters. The minimum absolute atomic E-state index is 0.470. The lowest BCUT2D eigenvalue weighted by Crippen LogP contribution is -2.22. The molecule has 0 saturated carbocycles. The Kier molecular flexibility index (Phi) is 5.34. The number of aryl methyl sites for hydroxylation is 2. The number of hydrogen-bond donors (Lipinski definition) is 1. The Labute approximate surface area is 127 Å². The Morgan fingerprint density at radius 1 is 1.19 bits per heavy atom. The van der Waals surface area contributed by atoms with Crippen LogP contribution < -0.4 is 10.1 Å². The van der Waals surface area contributed by atoms with E-state index in [0.29, 0.717) is 11.9 Å². The molecule has 0 unspecified atom stereocenters. The molecule has 2 rings (SSSR count). The SMILES string of the molecule is CCc1cccc(Oc2ccc(CNC(C)C)c(C)n2)c1. The van der Waals surface area contributed by atoms with Gasteiger partial charge < -0.3 is 10.1 Å². The molecule has 3 nitrogen and oxygen atoms in total. The molecule has 0 spiro atoms. The maximum Gasteiger partial charge on any atom is 0.219 e. The molecule has 0 fully saturated rings. The average molecular weight is 284 g/mol. The lowest BCUT2D eigenvalue weighted by molar-refractivity contribution is 0.460. The van der Waals surface area contributed by atoms with Gasteiger partial charge in [0.2, 0.25) is 5.88 Å². The molecule has 0 bridgehead atoms. The van der Waals surface area contributed by atoms with Crippen LogP contribution in [-0.4, -0.2) is 11.0 Å². The van der Waals surface area contributed by atoms with Crippen LogP contribution >= 0.6 is 0 Å². The third-order valence-electron chi connectivity index (χ3n) is 3.40. The normalized spacial score (nSPS) is 10.9. The van der Waals surface area contributed by atoms with Gasteiger partial charge >= 0.3 is 0 Å². The molecule has 0 radical (unpaired) electrons. The van der Waals surface area contributed by atoms with Crippen molar-refractivity contribution in [1.82, 2.24) is 10.3 Å². The number of benzene rings is 1. The molecule has 0 aliphatic rings. The molecular formula is C18H24N2O. The molecule has 1 aromatic carbocycles. The summed E-state index contributed by atoms with van der Waals surface area (Å²) in [5.41, 5.74) is 3.48. The second-order valence-corrected chi connectivity index (χ2v) is 5.53. The van der Waals surface area contributed by atoms with Crippen LogP contribution in [0.1, 0.15) is 37.6 Å². The quantitative estimate of drug-likeness (QED) is 0.861. The molecule has 1 aromatic heterocycles. The van der Waals surface area contributed by atoms with E-state index in [1.807, 2.05) is 25.1 Å². The Balaban J connectivity index is 2.09. The van der Waals surface area contributed by atoms with Crippen LogP contribution in [0.2, 0.25) is 0 Å². The summed E-state index contributed by atoms with van der Waals surface area (Å²) in [7, 11) is 0. The van der Waals surface area contributed by atoms with E-state index in [2.05, 4.69) is 49.3 Å². The van der Waals surface area contributed by atoms with E-state index in [-0.39, 0.29) is 0 Å². The highest BCUT2D eigenvalue weighted by molar-refractivity contribution is 5.33. The molecule has 1 heterocycles. The first-order chi connectivity index (χ1) is 10.1. The van der Waals surface area contributed by atoms with E-state index in [1.165, 1.54) is 11.1 Å². The Hall–Kier alpha value is -1.87. The summed E-state index contributed by atoms with van der Waals surface area (Å²) in [6, 6.07) is 12.6. The van der Waals surface area contributed by atoms with Gasteiger partial charge in [0.15, 0.2) is 0 Å². The topological polar surface area (TPSA) is 34.1 Å². The smallest absolute Gasteiger partial charge is 0.219 e. The fourth-order valence-electron chi connectivity index (χ4n) is 2.07. The molecule has 1 N–H and O–H groups in total. The molecule has 2 aromatic rings. The summed E-state index contributed by atoms with van der Waals surface area (Å²) in [4.78, 5) is 4.54. The Morgan fingerprint density at radius 3 is 2.67 bits per heavy atom. The van der Waals surface area contributed by atoms with Gasteiger partial charge in [0.25, 0.3) is 0 Å². The van der Waals surface area contributed by atoms with Crippen LogP contribution in [0.15, 0.2) is 36.4 Å². The Bertz CT molecular complexity index is 594. The summed E-state index contributed by atoms with van der Waals surface area (Å²) in [5.74, 6) is 1.49. The number of hydrogen-bond acceptors (Lipinski definition) is 3. The van der Waals surface area contributed by atoms with Crippen molar-refractivity contribution in [3.63, 3.8) is 0 Å². The zero-order valence-electron chi connectivity index (χ0n) is 13.3. The average Bonchev–Trinajstić information content (AvgIpc) is 2.46. The number of rotatable bonds is 6. The summed E-state index contributed by atoms with van der Waals surface area (Å²) < 4.78 is 5.85. The lowest BCUT2D eigenvalue weighted by atomic mass is 10.2. The van der Waals surface area contributed by atoms with Gasteiger partial charge in [-0.3, -0.25) is 0 Å². The largest absolute Gasteiger partial charge is 0.439 e. The highest BCUT2D eigenvalue weighted by atomic mass is 16.5. The van der Waals surface area contributed by atoms with Crippen LogP contribution in [0.4, 0.5) is 0 Å². The molecule has 0 aliphatic heterocycles. The fourth-order valence-corrected chi connectivity index (χ4v) is 2.07. The van der Waals surface area contributed by atoms with Gasteiger partial charge in [-0.05, 0) is 36.6 Å². The molecule has 112 valence electrons. The standard InChI is InChI=1S/C18H24N2O/c1-5-15-7-6-8-17(11-15)21-18-10-9-16(14(4)20-18)12-19-13(2)3/h6-11,13,19H,5,12H2,1-4H3. The van der Waals surface area contributed by atoms with Crippen LogP contribution in [0.5, 0.6) is 11.6 Å². The van der Waals surface area contributed by atoms with Gasteiger partial charge in [-0.1, -0.05) is 39.0 Å². The lowest BCUT2D eigenvalue weighted by Gasteiger charge is -2.12. The van der Waals surface area contributed by atoms with Crippen molar-refractivity contribution in [2.24, 2.45) is 0 Å². The first kappa shape index (κ1) is 15.5. The van der Waals surface area contributed by atoms with E-state index in [9.17, 15) is 0 Å². The summed E-state index contributed by atoms with van der Waals surface area (Å²) in [5, 5.41) is 3.41. The number of ether oxygens (including phenoxy) is 1. The van der Waals surface area contributed by atoms with Crippen molar-refractivity contribution in [3.05, 3.63) is 53.2 Å². The second kappa shape index (κ2) is 7.23. The highest BCUT2D eigenvalue weighted by Crippen LogP contribution is 2.22. The molecule has 0 aliphatic carbocycles. The monoisotopic (exact) mass is 284 g/mol. The maximum absolute atomic E-state index is 5.85. The molecule has 0 amide bonds. The first-order valence-electron chi connectivity index (χ1n) is 7.55. The van der Waals surface area contributed by atoms with Crippen LogP contribution in [-0.2, 0) is 13.0 Å². The Morgan fingerprint density at radius 2 is 2.00 bits per heavy atom. The summed E-state index contributed by atoms with van der Waals surface area (Å²) >= 11 is 0. The van der Waals surface area contributed by atoms with Gasteiger partial charge in [0.1, 0.15) is 5.75 Å². The summed E-state index contributed by atoms with van der Waals surface area (Å²) in [6.07, 6.45) is 1.00.